The largest absolute Gasteiger partial charge is 0.495 e. The lowest BCUT2D eigenvalue weighted by Crippen LogP contribution is -2.11. The number of benzene rings is 1. The zero-order valence-corrected chi connectivity index (χ0v) is 10.9. The SMILES string of the molecule is COc1cc([C@@H](N)CC2CC2)ccc1Cl.Cl. The number of methoxy groups -OCH3 is 1. The van der Waals surface area contributed by atoms with E-state index in [4.69, 9.17) is 22.1 Å². The third-order valence-electron chi connectivity index (χ3n) is 2.89. The molecule has 0 radical (unpaired) electrons. The predicted molar refractivity (Wildman–Crippen MR) is 69.5 cm³/mol. The molecular weight excluding hydrogens is 245 g/mol. The molecule has 4 heteroatoms. The Hall–Kier alpha value is -0.440. The topological polar surface area (TPSA) is 35.2 Å². The fraction of sp³-hybridized carbons (Fsp3) is 0.500. The number of hydrogen-bond donors (Lipinski definition) is 1. The van der Waals surface area contributed by atoms with Crippen molar-refractivity contribution in [1.82, 2.24) is 0 Å². The van der Waals surface area contributed by atoms with Gasteiger partial charge in [-0.05, 0) is 30.0 Å². The summed E-state index contributed by atoms with van der Waals surface area (Å²) in [6.07, 6.45) is 3.74. The van der Waals surface area contributed by atoms with Crippen LogP contribution in [0.2, 0.25) is 5.02 Å². The van der Waals surface area contributed by atoms with Crippen LogP contribution in [-0.2, 0) is 0 Å². The standard InChI is InChI=1S/C12H16ClNO.ClH/c1-15-12-7-9(4-5-10(12)13)11(14)6-8-2-3-8;/h4-5,7-8,11H,2-3,6,14H2,1H3;1H/t11-;/m0./s1. The molecule has 1 aromatic carbocycles. The van der Waals surface area contributed by atoms with Crippen LogP contribution in [0.5, 0.6) is 5.75 Å². The molecule has 16 heavy (non-hydrogen) atoms. The van der Waals surface area contributed by atoms with Gasteiger partial charge in [0.05, 0.1) is 12.1 Å². The normalized spacial score (nSPS) is 16.4. The average Bonchev–Trinajstić information content (AvgIpc) is 3.02. The highest BCUT2D eigenvalue weighted by Crippen LogP contribution is 2.37. The smallest absolute Gasteiger partial charge is 0.137 e. The molecule has 2 rings (SSSR count). The predicted octanol–water partition coefficient (Wildman–Crippen LogP) is 3.57. The van der Waals surface area contributed by atoms with Crippen LogP contribution in [0.3, 0.4) is 0 Å². The molecule has 1 saturated carbocycles. The number of nitrogens with two attached hydrogens (primary N) is 1. The molecule has 2 N–H and O–H groups in total. The van der Waals surface area contributed by atoms with E-state index in [1.165, 1.54) is 12.8 Å². The van der Waals surface area contributed by atoms with Gasteiger partial charge in [-0.15, -0.1) is 12.4 Å². The summed E-state index contributed by atoms with van der Waals surface area (Å²) in [7, 11) is 1.62. The second-order valence-corrected chi connectivity index (χ2v) is 4.59. The minimum Gasteiger partial charge on any atom is -0.495 e. The summed E-state index contributed by atoms with van der Waals surface area (Å²) in [5, 5.41) is 0.639. The number of ether oxygens (including phenoxy) is 1. The van der Waals surface area contributed by atoms with Gasteiger partial charge in [-0.25, -0.2) is 0 Å². The maximum absolute atomic E-state index is 6.11. The van der Waals surface area contributed by atoms with E-state index < -0.39 is 0 Å². The van der Waals surface area contributed by atoms with E-state index in [1.807, 2.05) is 18.2 Å². The summed E-state index contributed by atoms with van der Waals surface area (Å²) < 4.78 is 5.17. The molecule has 0 aliphatic heterocycles. The Morgan fingerprint density at radius 2 is 2.19 bits per heavy atom. The van der Waals surface area contributed by atoms with Crippen LogP contribution in [0, 0.1) is 5.92 Å². The van der Waals surface area contributed by atoms with Crippen LogP contribution < -0.4 is 10.5 Å². The van der Waals surface area contributed by atoms with Gasteiger partial charge in [0.1, 0.15) is 5.75 Å². The van der Waals surface area contributed by atoms with Gasteiger partial charge >= 0.3 is 0 Å². The van der Waals surface area contributed by atoms with Crippen LogP contribution in [0.25, 0.3) is 0 Å². The second kappa shape index (κ2) is 5.76. The number of halogens is 2. The van der Waals surface area contributed by atoms with Crippen LogP contribution in [-0.4, -0.2) is 7.11 Å². The van der Waals surface area contributed by atoms with Crippen molar-refractivity contribution in [2.45, 2.75) is 25.3 Å². The summed E-state index contributed by atoms with van der Waals surface area (Å²) in [5.74, 6) is 1.54. The van der Waals surface area contributed by atoms with Gasteiger partial charge in [0.25, 0.3) is 0 Å². The van der Waals surface area contributed by atoms with Crippen LogP contribution >= 0.6 is 24.0 Å². The minimum absolute atomic E-state index is 0. The Bertz CT molecular complexity index is 353. The van der Waals surface area contributed by atoms with Gasteiger partial charge in [0, 0.05) is 6.04 Å². The van der Waals surface area contributed by atoms with E-state index in [1.54, 1.807) is 7.11 Å². The zero-order chi connectivity index (χ0) is 10.8. The first-order chi connectivity index (χ1) is 7.20. The molecule has 1 aromatic rings. The maximum Gasteiger partial charge on any atom is 0.137 e. The third kappa shape index (κ3) is 3.27. The van der Waals surface area contributed by atoms with Gasteiger partial charge in [0.2, 0.25) is 0 Å². The maximum atomic E-state index is 6.11. The lowest BCUT2D eigenvalue weighted by atomic mass is 10.0. The van der Waals surface area contributed by atoms with Crippen molar-refractivity contribution in [3.05, 3.63) is 28.8 Å². The third-order valence-corrected chi connectivity index (χ3v) is 3.20. The molecular formula is C12H17Cl2NO. The van der Waals surface area contributed by atoms with Crippen molar-refractivity contribution < 1.29 is 4.74 Å². The van der Waals surface area contributed by atoms with Gasteiger partial charge in [-0.3, -0.25) is 0 Å². The Labute approximate surface area is 108 Å². The molecule has 0 bridgehead atoms. The summed E-state index contributed by atoms with van der Waals surface area (Å²) in [4.78, 5) is 0. The van der Waals surface area contributed by atoms with Gasteiger partial charge in [-0.1, -0.05) is 30.5 Å². The van der Waals surface area contributed by atoms with E-state index in [9.17, 15) is 0 Å². The molecule has 0 heterocycles. The van der Waals surface area contributed by atoms with E-state index in [2.05, 4.69) is 0 Å². The molecule has 0 spiro atoms. The van der Waals surface area contributed by atoms with Crippen molar-refractivity contribution >= 4 is 24.0 Å². The van der Waals surface area contributed by atoms with Gasteiger partial charge in [-0.2, -0.15) is 0 Å². The van der Waals surface area contributed by atoms with E-state index in [-0.39, 0.29) is 18.4 Å². The van der Waals surface area contributed by atoms with E-state index in [0.717, 1.165) is 17.9 Å². The highest BCUT2D eigenvalue weighted by molar-refractivity contribution is 6.32. The van der Waals surface area contributed by atoms with Gasteiger partial charge < -0.3 is 10.5 Å². The summed E-state index contributed by atoms with van der Waals surface area (Å²) in [6, 6.07) is 5.89. The molecule has 1 atom stereocenters. The van der Waals surface area contributed by atoms with Crippen molar-refractivity contribution in [3.63, 3.8) is 0 Å². The lowest BCUT2D eigenvalue weighted by Gasteiger charge is -2.13. The monoisotopic (exact) mass is 261 g/mol. The van der Waals surface area contributed by atoms with Gasteiger partial charge in [0.15, 0.2) is 0 Å². The number of rotatable bonds is 4. The Morgan fingerprint density at radius 3 is 2.75 bits per heavy atom. The Morgan fingerprint density at radius 1 is 1.50 bits per heavy atom. The first-order valence-electron chi connectivity index (χ1n) is 5.29. The summed E-state index contributed by atoms with van der Waals surface area (Å²) >= 11 is 5.95. The van der Waals surface area contributed by atoms with E-state index in [0.29, 0.717) is 10.8 Å². The van der Waals surface area contributed by atoms with Crippen molar-refractivity contribution in [2.24, 2.45) is 11.7 Å². The molecule has 1 fully saturated rings. The van der Waals surface area contributed by atoms with Crippen molar-refractivity contribution in [1.29, 1.82) is 0 Å². The van der Waals surface area contributed by atoms with Crippen LogP contribution in [0.4, 0.5) is 0 Å². The molecule has 2 nitrogen and oxygen atoms in total. The average molecular weight is 262 g/mol. The highest BCUT2D eigenvalue weighted by Gasteiger charge is 2.24. The molecule has 0 amide bonds. The second-order valence-electron chi connectivity index (χ2n) is 4.18. The number of hydrogen-bond acceptors (Lipinski definition) is 2. The Kier molecular flexibility index (Phi) is 4.90. The van der Waals surface area contributed by atoms with E-state index >= 15 is 0 Å². The first kappa shape index (κ1) is 13.6. The van der Waals surface area contributed by atoms with Crippen LogP contribution in [0.1, 0.15) is 30.9 Å². The fourth-order valence-corrected chi connectivity index (χ4v) is 1.95. The molecule has 90 valence electrons. The molecule has 0 unspecified atom stereocenters. The van der Waals surface area contributed by atoms with Crippen molar-refractivity contribution in [2.75, 3.05) is 7.11 Å². The summed E-state index contributed by atoms with van der Waals surface area (Å²) in [6.45, 7) is 0. The quantitative estimate of drug-likeness (QED) is 0.900. The lowest BCUT2D eigenvalue weighted by molar-refractivity contribution is 0.413. The zero-order valence-electron chi connectivity index (χ0n) is 9.28. The highest BCUT2D eigenvalue weighted by atomic mass is 35.5. The summed E-state index contributed by atoms with van der Waals surface area (Å²) in [5.41, 5.74) is 7.22. The molecule has 0 saturated heterocycles. The van der Waals surface area contributed by atoms with Crippen LogP contribution in [0.15, 0.2) is 18.2 Å². The fourth-order valence-electron chi connectivity index (χ4n) is 1.76. The minimum atomic E-state index is 0. The molecule has 0 aromatic heterocycles. The molecule has 1 aliphatic carbocycles. The first-order valence-corrected chi connectivity index (χ1v) is 5.67. The molecule has 1 aliphatic rings. The Balaban J connectivity index is 0.00000128. The van der Waals surface area contributed by atoms with Crippen molar-refractivity contribution in [3.8, 4) is 5.75 Å².